The van der Waals surface area contributed by atoms with Gasteiger partial charge in [-0.2, -0.15) is 0 Å². The van der Waals surface area contributed by atoms with Gasteiger partial charge < -0.3 is 15.0 Å². The molecule has 0 saturated carbocycles. The van der Waals surface area contributed by atoms with Gasteiger partial charge in [-0.15, -0.1) is 11.3 Å². The fourth-order valence-electron chi connectivity index (χ4n) is 3.37. The van der Waals surface area contributed by atoms with E-state index in [2.05, 4.69) is 26.3 Å². The van der Waals surface area contributed by atoms with Crippen molar-refractivity contribution < 1.29 is 9.53 Å². The van der Waals surface area contributed by atoms with Gasteiger partial charge in [0, 0.05) is 36.8 Å². The topological polar surface area (TPSA) is 67.3 Å². The molecule has 3 heterocycles. The molecule has 4 rings (SSSR count). The molecule has 0 unspecified atom stereocenters. The third-order valence-corrected chi connectivity index (χ3v) is 5.91. The van der Waals surface area contributed by atoms with E-state index in [0.717, 1.165) is 40.8 Å². The number of nitrogens with one attached hydrogen (secondary N) is 1. The highest BCUT2D eigenvalue weighted by molar-refractivity contribution is 7.13. The Morgan fingerprint density at radius 3 is 2.72 bits per heavy atom. The molecule has 1 saturated heterocycles. The van der Waals surface area contributed by atoms with E-state index in [1.165, 1.54) is 30.6 Å². The van der Waals surface area contributed by atoms with E-state index in [-0.39, 0.29) is 5.91 Å². The fourth-order valence-corrected chi connectivity index (χ4v) is 4.17. The summed E-state index contributed by atoms with van der Waals surface area (Å²) in [5, 5.41) is 5.56. The normalized spacial score (nSPS) is 13.9. The van der Waals surface area contributed by atoms with Gasteiger partial charge in [0.25, 0.3) is 5.91 Å². The molecular formula is C22H24N4O2S. The van der Waals surface area contributed by atoms with Crippen LogP contribution < -0.4 is 15.0 Å². The van der Waals surface area contributed by atoms with Crippen LogP contribution in [0.3, 0.4) is 0 Å². The third-order valence-electron chi connectivity index (χ3n) is 5.02. The summed E-state index contributed by atoms with van der Waals surface area (Å²) in [5.41, 5.74) is 2.45. The van der Waals surface area contributed by atoms with Gasteiger partial charge in [0.2, 0.25) is 0 Å². The molecule has 1 fully saturated rings. The minimum Gasteiger partial charge on any atom is -0.497 e. The van der Waals surface area contributed by atoms with Crippen molar-refractivity contribution in [2.75, 3.05) is 25.1 Å². The van der Waals surface area contributed by atoms with Gasteiger partial charge in [0.1, 0.15) is 22.3 Å². The van der Waals surface area contributed by atoms with Gasteiger partial charge >= 0.3 is 0 Å². The van der Waals surface area contributed by atoms with Gasteiger partial charge in [0.05, 0.1) is 7.11 Å². The van der Waals surface area contributed by atoms with Gasteiger partial charge in [-0.1, -0.05) is 12.1 Å². The zero-order chi connectivity index (χ0) is 20.1. The maximum atomic E-state index is 12.5. The van der Waals surface area contributed by atoms with Crippen LogP contribution in [0.25, 0.3) is 10.6 Å². The number of benzene rings is 1. The molecule has 1 aliphatic rings. The summed E-state index contributed by atoms with van der Waals surface area (Å²) in [6.07, 6.45) is 5.53. The number of nitrogens with zero attached hydrogens (tertiary/aromatic N) is 3. The number of methoxy groups -OCH3 is 1. The van der Waals surface area contributed by atoms with Crippen LogP contribution in [0.4, 0.5) is 5.82 Å². The van der Waals surface area contributed by atoms with Crippen molar-refractivity contribution in [2.45, 2.75) is 25.8 Å². The standard InChI is InChI=1S/C22H24N4O2S/c1-28-18-7-5-16(6-8-18)14-24-21(27)19-15-29-22(25-19)17-9-10-23-20(13-17)26-11-3-2-4-12-26/h5-10,13,15H,2-4,11-12,14H2,1H3,(H,24,27). The van der Waals surface area contributed by atoms with E-state index < -0.39 is 0 Å². The van der Waals surface area contributed by atoms with Gasteiger partial charge in [-0.3, -0.25) is 4.79 Å². The molecule has 2 aromatic heterocycles. The highest BCUT2D eigenvalue weighted by Gasteiger charge is 2.15. The molecule has 0 spiro atoms. The summed E-state index contributed by atoms with van der Waals surface area (Å²) in [7, 11) is 1.63. The maximum Gasteiger partial charge on any atom is 0.271 e. The number of carbonyl (C=O) groups is 1. The number of amides is 1. The Labute approximate surface area is 174 Å². The van der Waals surface area contributed by atoms with Crippen molar-refractivity contribution in [3.05, 3.63) is 59.2 Å². The Balaban J connectivity index is 1.41. The second-order valence-electron chi connectivity index (χ2n) is 7.02. The molecular weight excluding hydrogens is 384 g/mol. The number of pyridine rings is 1. The average molecular weight is 409 g/mol. The number of ether oxygens (including phenoxy) is 1. The van der Waals surface area contributed by atoms with Crippen LogP contribution in [0.1, 0.15) is 35.3 Å². The number of carbonyl (C=O) groups excluding carboxylic acids is 1. The van der Waals surface area contributed by atoms with E-state index in [0.29, 0.717) is 12.2 Å². The van der Waals surface area contributed by atoms with E-state index in [9.17, 15) is 4.79 Å². The SMILES string of the molecule is COc1ccc(CNC(=O)c2csc(-c3ccnc(N4CCCCC4)c3)n2)cc1. The summed E-state index contributed by atoms with van der Waals surface area (Å²) in [4.78, 5) is 23.9. The zero-order valence-electron chi connectivity index (χ0n) is 16.4. The second kappa shape index (κ2) is 9.05. The van der Waals surface area contributed by atoms with Gasteiger partial charge in [-0.05, 0) is 49.1 Å². The minimum absolute atomic E-state index is 0.173. The van der Waals surface area contributed by atoms with E-state index in [1.54, 1.807) is 12.5 Å². The first-order chi connectivity index (χ1) is 14.2. The maximum absolute atomic E-state index is 12.5. The molecule has 1 aliphatic heterocycles. The second-order valence-corrected chi connectivity index (χ2v) is 7.88. The Bertz CT molecular complexity index is 965. The minimum atomic E-state index is -0.173. The first kappa shape index (κ1) is 19.4. The number of rotatable bonds is 6. The number of anilines is 1. The summed E-state index contributed by atoms with van der Waals surface area (Å²) in [5.74, 6) is 1.61. The monoisotopic (exact) mass is 408 g/mol. The summed E-state index contributed by atoms with van der Waals surface area (Å²) in [6, 6.07) is 11.7. The molecule has 1 amide bonds. The van der Waals surface area contributed by atoms with E-state index in [1.807, 2.05) is 36.5 Å². The number of hydrogen-bond acceptors (Lipinski definition) is 6. The molecule has 1 N–H and O–H groups in total. The van der Waals surface area contributed by atoms with Crippen LogP contribution in [0.2, 0.25) is 0 Å². The lowest BCUT2D eigenvalue weighted by atomic mass is 10.1. The Hall–Kier alpha value is -2.93. The molecule has 0 aliphatic carbocycles. The van der Waals surface area contributed by atoms with Crippen molar-refractivity contribution in [3.63, 3.8) is 0 Å². The third kappa shape index (κ3) is 4.74. The van der Waals surface area contributed by atoms with E-state index >= 15 is 0 Å². The molecule has 29 heavy (non-hydrogen) atoms. The van der Waals surface area contributed by atoms with Crippen LogP contribution in [0.15, 0.2) is 48.0 Å². The molecule has 1 aromatic carbocycles. The molecule has 0 atom stereocenters. The summed E-state index contributed by atoms with van der Waals surface area (Å²) >= 11 is 1.48. The van der Waals surface area contributed by atoms with Crippen LogP contribution in [0.5, 0.6) is 5.75 Å². The number of hydrogen-bond donors (Lipinski definition) is 1. The van der Waals surface area contributed by atoms with Crippen molar-refractivity contribution in [1.29, 1.82) is 0 Å². The summed E-state index contributed by atoms with van der Waals surface area (Å²) in [6.45, 7) is 2.55. The molecule has 150 valence electrons. The van der Waals surface area contributed by atoms with Crippen molar-refractivity contribution >= 4 is 23.1 Å². The number of piperidine rings is 1. The largest absolute Gasteiger partial charge is 0.497 e. The van der Waals surface area contributed by atoms with Crippen molar-refractivity contribution in [3.8, 4) is 16.3 Å². The fraction of sp³-hybridized carbons (Fsp3) is 0.318. The van der Waals surface area contributed by atoms with Crippen LogP contribution in [-0.4, -0.2) is 36.1 Å². The predicted octanol–water partition coefficient (Wildman–Crippen LogP) is 4.13. The summed E-state index contributed by atoms with van der Waals surface area (Å²) < 4.78 is 5.15. The van der Waals surface area contributed by atoms with Crippen LogP contribution in [0, 0.1) is 0 Å². The quantitative estimate of drug-likeness (QED) is 0.664. The highest BCUT2D eigenvalue weighted by Crippen LogP contribution is 2.27. The molecule has 0 radical (unpaired) electrons. The number of thiazole rings is 1. The molecule has 6 nitrogen and oxygen atoms in total. The van der Waals surface area contributed by atoms with Gasteiger partial charge in [-0.25, -0.2) is 9.97 Å². The molecule has 7 heteroatoms. The Morgan fingerprint density at radius 1 is 1.17 bits per heavy atom. The van der Waals surface area contributed by atoms with Gasteiger partial charge in [0.15, 0.2) is 0 Å². The smallest absolute Gasteiger partial charge is 0.271 e. The lowest BCUT2D eigenvalue weighted by Crippen LogP contribution is -2.30. The van der Waals surface area contributed by atoms with Crippen molar-refractivity contribution in [2.24, 2.45) is 0 Å². The lowest BCUT2D eigenvalue weighted by Gasteiger charge is -2.27. The molecule has 0 bridgehead atoms. The number of aromatic nitrogens is 2. The Kier molecular flexibility index (Phi) is 6.05. The van der Waals surface area contributed by atoms with E-state index in [4.69, 9.17) is 4.74 Å². The first-order valence-corrected chi connectivity index (χ1v) is 10.7. The Morgan fingerprint density at radius 2 is 1.97 bits per heavy atom. The van der Waals surface area contributed by atoms with Crippen LogP contribution in [-0.2, 0) is 6.54 Å². The first-order valence-electron chi connectivity index (χ1n) is 9.81. The highest BCUT2D eigenvalue weighted by atomic mass is 32.1. The zero-order valence-corrected chi connectivity index (χ0v) is 17.2. The average Bonchev–Trinajstić information content (AvgIpc) is 3.29. The van der Waals surface area contributed by atoms with Crippen LogP contribution >= 0.6 is 11.3 Å². The van der Waals surface area contributed by atoms with Crippen molar-refractivity contribution in [1.82, 2.24) is 15.3 Å². The predicted molar refractivity (Wildman–Crippen MR) is 116 cm³/mol. The molecule has 3 aromatic rings. The lowest BCUT2D eigenvalue weighted by molar-refractivity contribution is 0.0946.